The normalized spacial score (nSPS) is 55.6. The first-order chi connectivity index (χ1) is 16.8. The topological polar surface area (TPSA) is 105 Å². The fourth-order valence-corrected chi connectivity index (χ4v) is 11.0. The molecule has 6 bridgehead atoms. The van der Waals surface area contributed by atoms with Gasteiger partial charge in [0.15, 0.2) is 0 Å². The average molecular weight is 481 g/mol. The fourth-order valence-electron chi connectivity index (χ4n) is 11.0. The predicted octanol–water partition coefficient (Wildman–Crippen LogP) is 2.52. The fraction of sp³-hybridized carbons (Fsp3) is 0.704. The molecule has 0 amide bonds. The lowest BCUT2D eigenvalue weighted by atomic mass is 9.56. The van der Waals surface area contributed by atoms with Gasteiger partial charge in [0.05, 0.1) is 29.8 Å². The van der Waals surface area contributed by atoms with Crippen LogP contribution in [0.25, 0.3) is 0 Å². The third kappa shape index (κ3) is 2.10. The Hall–Kier alpha value is -2.64. The standard InChI is InChI=1S/C27H28O8/c1-3-32-15-7-12-6-13(15)17-14-9-27(19(12)17,21-18(14)23(29)34-25(21)31)10(2)35-26-5-4-11(8-26)16-20(26)24(30)33-22(16)28/h3,11-21H,1-2,4-9H2. The van der Waals surface area contributed by atoms with Crippen molar-refractivity contribution in [3.8, 4) is 0 Å². The van der Waals surface area contributed by atoms with Crippen molar-refractivity contribution >= 4 is 23.9 Å². The number of hydrogen-bond acceptors (Lipinski definition) is 8. The van der Waals surface area contributed by atoms with E-state index in [0.29, 0.717) is 36.9 Å². The van der Waals surface area contributed by atoms with Crippen LogP contribution in [0.2, 0.25) is 0 Å². The van der Waals surface area contributed by atoms with Crippen LogP contribution < -0.4 is 0 Å². The zero-order valence-corrected chi connectivity index (χ0v) is 19.4. The summed E-state index contributed by atoms with van der Waals surface area (Å²) in [7, 11) is 0. The van der Waals surface area contributed by atoms with Gasteiger partial charge in [-0.15, -0.1) is 0 Å². The van der Waals surface area contributed by atoms with Gasteiger partial charge < -0.3 is 18.9 Å². The van der Waals surface area contributed by atoms with Crippen LogP contribution in [0.15, 0.2) is 25.2 Å². The third-order valence-electron chi connectivity index (χ3n) is 11.6. The van der Waals surface area contributed by atoms with Gasteiger partial charge in [-0.05, 0) is 74.0 Å². The van der Waals surface area contributed by atoms with Crippen molar-refractivity contribution < 1.29 is 38.1 Å². The maximum atomic E-state index is 13.1. The monoisotopic (exact) mass is 480 g/mol. The highest BCUT2D eigenvalue weighted by Crippen LogP contribution is 2.79. The Kier molecular flexibility index (Phi) is 3.63. The summed E-state index contributed by atoms with van der Waals surface area (Å²) in [6, 6.07) is 0. The van der Waals surface area contributed by atoms with Crippen molar-refractivity contribution in [1.82, 2.24) is 0 Å². The van der Waals surface area contributed by atoms with Gasteiger partial charge in [0.25, 0.3) is 0 Å². The molecule has 2 aliphatic heterocycles. The van der Waals surface area contributed by atoms with Crippen molar-refractivity contribution in [2.75, 3.05) is 0 Å². The van der Waals surface area contributed by atoms with Crippen LogP contribution in [0, 0.1) is 64.6 Å². The number of carbonyl (C=O) groups is 4. The van der Waals surface area contributed by atoms with E-state index in [1.807, 2.05) is 0 Å². The van der Waals surface area contributed by atoms with Gasteiger partial charge in [-0.25, -0.2) is 0 Å². The molecule has 0 aromatic rings. The Morgan fingerprint density at radius 3 is 2.43 bits per heavy atom. The second kappa shape index (κ2) is 6.19. The van der Waals surface area contributed by atoms with E-state index in [2.05, 4.69) is 13.2 Å². The number of fused-ring (bicyclic) bond motifs is 17. The Morgan fingerprint density at radius 2 is 1.66 bits per heavy atom. The first kappa shape index (κ1) is 20.5. The van der Waals surface area contributed by atoms with E-state index in [1.54, 1.807) is 0 Å². The average Bonchev–Trinajstić information content (AvgIpc) is 3.63. The van der Waals surface area contributed by atoms with Crippen LogP contribution in [0.5, 0.6) is 0 Å². The number of ether oxygens (including phenoxy) is 4. The van der Waals surface area contributed by atoms with Gasteiger partial charge in [-0.1, -0.05) is 13.2 Å². The highest BCUT2D eigenvalue weighted by molar-refractivity contribution is 5.99. The quantitative estimate of drug-likeness (QED) is 0.256. The minimum Gasteiger partial charge on any atom is -0.498 e. The molecule has 6 aliphatic carbocycles. The SMILES string of the molecule is C=COC1CC2CC1C1C3CC(C(=C)OC45CCC(C4)C4C(=O)OC(=O)C45)(C4C(=O)OC(=O)C34)C21. The van der Waals surface area contributed by atoms with Crippen molar-refractivity contribution in [3.05, 3.63) is 25.2 Å². The number of carbonyl (C=O) groups excluding carboxylic acids is 4. The summed E-state index contributed by atoms with van der Waals surface area (Å²) in [4.78, 5) is 51.0. The molecule has 0 radical (unpaired) electrons. The summed E-state index contributed by atoms with van der Waals surface area (Å²) in [5.74, 6) is -2.30. The lowest BCUT2D eigenvalue weighted by molar-refractivity contribution is -0.161. The Morgan fingerprint density at radius 1 is 0.914 bits per heavy atom. The molecule has 2 saturated heterocycles. The van der Waals surface area contributed by atoms with E-state index in [-0.39, 0.29) is 29.8 Å². The summed E-state index contributed by atoms with van der Waals surface area (Å²) in [5, 5.41) is 0. The van der Waals surface area contributed by atoms with Gasteiger partial charge >= 0.3 is 23.9 Å². The summed E-state index contributed by atoms with van der Waals surface area (Å²) in [5.41, 5.74) is -1.52. The third-order valence-corrected chi connectivity index (χ3v) is 11.6. The minimum absolute atomic E-state index is 0.0266. The van der Waals surface area contributed by atoms with E-state index in [1.165, 1.54) is 6.26 Å². The Bertz CT molecular complexity index is 1140. The van der Waals surface area contributed by atoms with Gasteiger partial charge in [0, 0.05) is 5.41 Å². The molecule has 35 heavy (non-hydrogen) atoms. The van der Waals surface area contributed by atoms with Crippen LogP contribution in [-0.2, 0) is 38.1 Å². The summed E-state index contributed by atoms with van der Waals surface area (Å²) in [6.45, 7) is 8.17. The zero-order valence-electron chi connectivity index (χ0n) is 19.4. The van der Waals surface area contributed by atoms with Crippen LogP contribution >= 0.6 is 0 Å². The first-order valence-corrected chi connectivity index (χ1v) is 13.0. The summed E-state index contributed by atoms with van der Waals surface area (Å²) < 4.78 is 22.9. The van der Waals surface area contributed by atoms with Crippen LogP contribution in [-0.4, -0.2) is 35.6 Å². The lowest BCUT2D eigenvalue weighted by Crippen LogP contribution is -2.51. The molecule has 8 heteroatoms. The molecule has 0 aromatic heterocycles. The molecule has 0 N–H and O–H groups in total. The minimum atomic E-state index is -0.825. The molecule has 6 saturated carbocycles. The second-order valence-electron chi connectivity index (χ2n) is 12.3. The molecule has 8 nitrogen and oxygen atoms in total. The van der Waals surface area contributed by atoms with E-state index in [9.17, 15) is 19.2 Å². The van der Waals surface area contributed by atoms with Crippen LogP contribution in [0.3, 0.4) is 0 Å². The molecule has 184 valence electrons. The highest BCUT2D eigenvalue weighted by Gasteiger charge is 2.81. The van der Waals surface area contributed by atoms with Gasteiger partial charge in [-0.3, -0.25) is 19.2 Å². The molecular formula is C27H28O8. The first-order valence-electron chi connectivity index (χ1n) is 13.0. The van der Waals surface area contributed by atoms with Gasteiger partial charge in [0.2, 0.25) is 0 Å². The molecule has 8 rings (SSSR count). The van der Waals surface area contributed by atoms with Crippen LogP contribution in [0.4, 0.5) is 0 Å². The molecular weight excluding hydrogens is 452 g/mol. The van der Waals surface area contributed by atoms with Crippen molar-refractivity contribution in [2.45, 2.75) is 50.2 Å². The van der Waals surface area contributed by atoms with E-state index in [4.69, 9.17) is 18.9 Å². The molecule has 13 atom stereocenters. The molecule has 2 heterocycles. The summed E-state index contributed by atoms with van der Waals surface area (Å²) >= 11 is 0. The predicted molar refractivity (Wildman–Crippen MR) is 115 cm³/mol. The number of allylic oxidation sites excluding steroid dienone is 1. The summed E-state index contributed by atoms with van der Waals surface area (Å²) in [6.07, 6.45) is 6.23. The molecule has 13 unspecified atom stereocenters. The van der Waals surface area contributed by atoms with E-state index in [0.717, 1.165) is 19.3 Å². The number of cyclic esters (lactones) is 4. The second-order valence-corrected chi connectivity index (χ2v) is 12.3. The van der Waals surface area contributed by atoms with E-state index < -0.39 is 58.6 Å². The van der Waals surface area contributed by atoms with Crippen molar-refractivity contribution in [2.24, 2.45) is 64.6 Å². The van der Waals surface area contributed by atoms with Crippen LogP contribution in [0.1, 0.15) is 38.5 Å². The number of hydrogen-bond donors (Lipinski definition) is 0. The lowest BCUT2D eigenvalue weighted by Gasteiger charge is -2.49. The largest absolute Gasteiger partial charge is 0.498 e. The Labute approximate surface area is 202 Å². The van der Waals surface area contributed by atoms with E-state index >= 15 is 0 Å². The molecule has 0 spiro atoms. The van der Waals surface area contributed by atoms with Crippen molar-refractivity contribution in [1.29, 1.82) is 0 Å². The van der Waals surface area contributed by atoms with Gasteiger partial charge in [-0.2, -0.15) is 0 Å². The highest BCUT2D eigenvalue weighted by atomic mass is 16.6. The Balaban J connectivity index is 1.19. The maximum Gasteiger partial charge on any atom is 0.321 e. The number of rotatable bonds is 5. The maximum absolute atomic E-state index is 13.1. The smallest absolute Gasteiger partial charge is 0.321 e. The number of esters is 4. The van der Waals surface area contributed by atoms with Gasteiger partial charge in [0.1, 0.15) is 17.6 Å². The van der Waals surface area contributed by atoms with Crippen molar-refractivity contribution in [3.63, 3.8) is 0 Å². The zero-order chi connectivity index (χ0) is 24.0. The molecule has 8 fully saturated rings. The molecule has 8 aliphatic rings. The molecule has 0 aromatic carbocycles.